The van der Waals surface area contributed by atoms with Gasteiger partial charge in [0.2, 0.25) is 5.76 Å². The van der Waals surface area contributed by atoms with Gasteiger partial charge in [-0.05, 0) is 36.8 Å². The summed E-state index contributed by atoms with van der Waals surface area (Å²) in [6.45, 7) is 1.84. The second-order valence-corrected chi connectivity index (χ2v) is 3.87. The van der Waals surface area contributed by atoms with E-state index < -0.39 is 5.97 Å². The zero-order valence-electron chi connectivity index (χ0n) is 8.94. The minimum absolute atomic E-state index is 0.132. The fourth-order valence-corrected chi connectivity index (χ4v) is 1.55. The Morgan fingerprint density at radius 2 is 2.12 bits per heavy atom. The van der Waals surface area contributed by atoms with Gasteiger partial charge < -0.3 is 14.3 Å². The van der Waals surface area contributed by atoms with E-state index in [1.54, 1.807) is 18.2 Å². The fourth-order valence-electron chi connectivity index (χ4n) is 1.33. The summed E-state index contributed by atoms with van der Waals surface area (Å²) in [6, 6.07) is 7.92. The Labute approximate surface area is 102 Å². The lowest BCUT2D eigenvalue weighted by molar-refractivity contribution is 0.0657. The van der Waals surface area contributed by atoms with E-state index in [0.29, 0.717) is 10.8 Å². The number of carboxylic acid groups (broad SMARTS) is 1. The third-order valence-electron chi connectivity index (χ3n) is 2.14. The molecule has 0 aliphatic rings. The zero-order valence-corrected chi connectivity index (χ0v) is 9.69. The van der Waals surface area contributed by atoms with Gasteiger partial charge in [-0.1, -0.05) is 11.6 Å². The van der Waals surface area contributed by atoms with Crippen molar-refractivity contribution < 1.29 is 19.1 Å². The summed E-state index contributed by atoms with van der Waals surface area (Å²) in [6.07, 6.45) is 0. The van der Waals surface area contributed by atoms with E-state index in [1.165, 1.54) is 12.1 Å². The highest BCUT2D eigenvalue weighted by molar-refractivity contribution is 6.30. The largest absolute Gasteiger partial charge is 0.475 e. The molecule has 0 saturated carbocycles. The molecule has 0 amide bonds. The molecule has 17 heavy (non-hydrogen) atoms. The Balaban J connectivity index is 2.22. The number of hydrogen-bond donors (Lipinski definition) is 1. The summed E-state index contributed by atoms with van der Waals surface area (Å²) < 4.78 is 10.4. The van der Waals surface area contributed by atoms with Crippen molar-refractivity contribution in [2.24, 2.45) is 0 Å². The second kappa shape index (κ2) is 4.51. The zero-order chi connectivity index (χ0) is 12.4. The first kappa shape index (κ1) is 11.5. The Bertz CT molecular complexity index is 559. The van der Waals surface area contributed by atoms with Crippen LogP contribution in [0, 0.1) is 6.92 Å². The number of ether oxygens (including phenoxy) is 1. The molecule has 1 heterocycles. The third-order valence-corrected chi connectivity index (χ3v) is 2.37. The molecular weight excluding hydrogens is 244 g/mol. The molecule has 1 aromatic carbocycles. The third kappa shape index (κ3) is 2.60. The summed E-state index contributed by atoms with van der Waals surface area (Å²) in [4.78, 5) is 10.6. The van der Waals surface area contributed by atoms with Crippen molar-refractivity contribution in [3.63, 3.8) is 0 Å². The lowest BCUT2D eigenvalue weighted by Crippen LogP contribution is -1.91. The number of benzene rings is 1. The molecule has 5 heteroatoms. The fraction of sp³-hybridized carbons (Fsp3) is 0.0833. The van der Waals surface area contributed by atoms with Gasteiger partial charge in [-0.2, -0.15) is 0 Å². The van der Waals surface area contributed by atoms with Gasteiger partial charge in [0.15, 0.2) is 0 Å². The maximum atomic E-state index is 10.6. The number of aryl methyl sites for hydroxylation is 1. The number of carboxylic acids is 1. The molecule has 0 fully saturated rings. The topological polar surface area (TPSA) is 59.7 Å². The van der Waals surface area contributed by atoms with Crippen LogP contribution in [-0.4, -0.2) is 11.1 Å². The minimum Gasteiger partial charge on any atom is -0.475 e. The molecule has 88 valence electrons. The van der Waals surface area contributed by atoms with Crippen LogP contribution in [0.15, 0.2) is 34.7 Å². The van der Waals surface area contributed by atoms with Crippen LogP contribution in [0.5, 0.6) is 11.7 Å². The van der Waals surface area contributed by atoms with Crippen LogP contribution in [0.25, 0.3) is 0 Å². The van der Waals surface area contributed by atoms with E-state index in [0.717, 1.165) is 5.56 Å². The number of hydrogen-bond acceptors (Lipinski definition) is 3. The molecule has 2 aromatic rings. The summed E-state index contributed by atoms with van der Waals surface area (Å²) in [5.41, 5.74) is 0.839. The lowest BCUT2D eigenvalue weighted by atomic mass is 10.2. The van der Waals surface area contributed by atoms with Crippen LogP contribution in [0.3, 0.4) is 0 Å². The molecule has 1 N–H and O–H groups in total. The Morgan fingerprint density at radius 1 is 1.35 bits per heavy atom. The van der Waals surface area contributed by atoms with Crippen molar-refractivity contribution in [1.29, 1.82) is 0 Å². The van der Waals surface area contributed by atoms with Gasteiger partial charge in [-0.3, -0.25) is 0 Å². The first-order valence-corrected chi connectivity index (χ1v) is 5.21. The highest BCUT2D eigenvalue weighted by Gasteiger charge is 2.11. The quantitative estimate of drug-likeness (QED) is 0.904. The first-order chi connectivity index (χ1) is 8.06. The molecule has 0 saturated heterocycles. The molecule has 2 rings (SSSR count). The van der Waals surface area contributed by atoms with Crippen molar-refractivity contribution >= 4 is 17.6 Å². The monoisotopic (exact) mass is 252 g/mol. The minimum atomic E-state index is -1.13. The average molecular weight is 253 g/mol. The standard InChI is InChI=1S/C12H9ClO4/c1-7-6-8(13)2-3-9(7)16-11-5-4-10(17-11)12(14)15/h2-6H,1H3,(H,14,15). The highest BCUT2D eigenvalue weighted by Crippen LogP contribution is 2.28. The lowest BCUT2D eigenvalue weighted by Gasteiger charge is -2.05. The molecule has 0 bridgehead atoms. The summed E-state index contributed by atoms with van der Waals surface area (Å²) in [7, 11) is 0. The normalized spacial score (nSPS) is 10.2. The Morgan fingerprint density at radius 3 is 2.71 bits per heavy atom. The Hall–Kier alpha value is -1.94. The summed E-state index contributed by atoms with van der Waals surface area (Å²) >= 11 is 5.81. The molecule has 4 nitrogen and oxygen atoms in total. The van der Waals surface area contributed by atoms with Gasteiger partial charge in [0.05, 0.1) is 0 Å². The van der Waals surface area contributed by atoms with E-state index >= 15 is 0 Å². The second-order valence-electron chi connectivity index (χ2n) is 3.44. The van der Waals surface area contributed by atoms with Gasteiger partial charge in [0.1, 0.15) is 5.75 Å². The molecule has 0 radical (unpaired) electrons. The summed E-state index contributed by atoms with van der Waals surface area (Å²) in [5.74, 6) is -0.590. The van der Waals surface area contributed by atoms with Crippen LogP contribution in [0.1, 0.15) is 16.1 Å². The molecule has 0 aliphatic carbocycles. The average Bonchev–Trinajstić information content (AvgIpc) is 2.71. The van der Waals surface area contributed by atoms with E-state index in [1.807, 2.05) is 6.92 Å². The van der Waals surface area contributed by atoms with Gasteiger partial charge >= 0.3 is 5.97 Å². The van der Waals surface area contributed by atoms with Crippen molar-refractivity contribution in [2.45, 2.75) is 6.92 Å². The van der Waals surface area contributed by atoms with Crippen LogP contribution in [0.2, 0.25) is 5.02 Å². The SMILES string of the molecule is Cc1cc(Cl)ccc1Oc1ccc(C(=O)O)o1. The van der Waals surface area contributed by atoms with Crippen molar-refractivity contribution in [3.05, 3.63) is 46.7 Å². The van der Waals surface area contributed by atoms with Crippen molar-refractivity contribution in [1.82, 2.24) is 0 Å². The number of aromatic carboxylic acids is 1. The van der Waals surface area contributed by atoms with Crippen molar-refractivity contribution in [2.75, 3.05) is 0 Å². The van der Waals surface area contributed by atoms with E-state index in [4.69, 9.17) is 25.9 Å². The predicted octanol–water partition coefficient (Wildman–Crippen LogP) is 3.73. The maximum absolute atomic E-state index is 10.6. The van der Waals surface area contributed by atoms with E-state index in [2.05, 4.69) is 0 Å². The number of furan rings is 1. The van der Waals surface area contributed by atoms with E-state index in [-0.39, 0.29) is 11.7 Å². The molecule has 1 aromatic heterocycles. The van der Waals surface area contributed by atoms with Gasteiger partial charge in [-0.25, -0.2) is 4.79 Å². The maximum Gasteiger partial charge on any atom is 0.371 e. The molecule has 0 atom stereocenters. The number of rotatable bonds is 3. The highest BCUT2D eigenvalue weighted by atomic mass is 35.5. The smallest absolute Gasteiger partial charge is 0.371 e. The van der Waals surface area contributed by atoms with Crippen LogP contribution < -0.4 is 4.74 Å². The van der Waals surface area contributed by atoms with Gasteiger partial charge in [0, 0.05) is 11.1 Å². The van der Waals surface area contributed by atoms with Crippen LogP contribution in [0.4, 0.5) is 0 Å². The first-order valence-electron chi connectivity index (χ1n) is 4.83. The van der Waals surface area contributed by atoms with Crippen molar-refractivity contribution in [3.8, 4) is 11.7 Å². The molecule has 0 aliphatic heterocycles. The van der Waals surface area contributed by atoms with E-state index in [9.17, 15) is 4.79 Å². The Kier molecular flexibility index (Phi) is 3.06. The number of carbonyl (C=O) groups is 1. The molecule has 0 spiro atoms. The summed E-state index contributed by atoms with van der Waals surface area (Å²) in [5, 5.41) is 9.30. The van der Waals surface area contributed by atoms with Crippen LogP contribution >= 0.6 is 11.6 Å². The van der Waals surface area contributed by atoms with Gasteiger partial charge in [-0.15, -0.1) is 0 Å². The molecular formula is C12H9ClO4. The number of halogens is 1. The van der Waals surface area contributed by atoms with Gasteiger partial charge in [0.25, 0.3) is 5.95 Å². The van der Waals surface area contributed by atoms with Crippen LogP contribution in [-0.2, 0) is 0 Å². The molecule has 0 unspecified atom stereocenters. The predicted molar refractivity (Wildman–Crippen MR) is 61.9 cm³/mol.